The summed E-state index contributed by atoms with van der Waals surface area (Å²) in [6.45, 7) is 0.628. The van der Waals surface area contributed by atoms with Crippen molar-refractivity contribution in [3.05, 3.63) is 29.8 Å². The molecule has 232 valence electrons. The molecule has 0 amide bonds. The van der Waals surface area contributed by atoms with Crippen molar-refractivity contribution in [2.45, 2.75) is 128 Å². The van der Waals surface area contributed by atoms with E-state index in [2.05, 4.69) is 0 Å². The number of cyclic esters (lactones) is 1. The first-order valence-electron chi connectivity index (χ1n) is 16.1. The van der Waals surface area contributed by atoms with E-state index in [9.17, 15) is 14.7 Å². The van der Waals surface area contributed by atoms with Gasteiger partial charge in [0.15, 0.2) is 11.5 Å². The maximum absolute atomic E-state index is 12.3. The predicted molar refractivity (Wildman–Crippen MR) is 163 cm³/mol. The lowest BCUT2D eigenvalue weighted by Gasteiger charge is -2.18. The van der Waals surface area contributed by atoms with Crippen LogP contribution in [0.1, 0.15) is 128 Å². The van der Waals surface area contributed by atoms with Crippen molar-refractivity contribution < 1.29 is 33.6 Å². The van der Waals surface area contributed by atoms with Crippen LogP contribution in [0.15, 0.2) is 24.3 Å². The van der Waals surface area contributed by atoms with Crippen LogP contribution in [-0.2, 0) is 23.8 Å². The van der Waals surface area contributed by atoms with Crippen molar-refractivity contribution in [1.29, 1.82) is 0 Å². The monoisotopic (exact) mass is 574 g/mol. The molecule has 1 aromatic carbocycles. The van der Waals surface area contributed by atoms with Crippen LogP contribution in [-0.4, -0.2) is 50.1 Å². The van der Waals surface area contributed by atoms with Gasteiger partial charge in [0.2, 0.25) is 0 Å². The Morgan fingerprint density at radius 2 is 1.39 bits per heavy atom. The van der Waals surface area contributed by atoms with Crippen molar-refractivity contribution in [1.82, 2.24) is 0 Å². The normalized spacial score (nSPS) is 20.8. The van der Waals surface area contributed by atoms with Gasteiger partial charge in [0, 0.05) is 19.1 Å². The number of carbonyl (C=O) groups is 2. The summed E-state index contributed by atoms with van der Waals surface area (Å²) in [5, 5.41) is 9.73. The number of hydrogen-bond acceptors (Lipinski definition) is 7. The maximum atomic E-state index is 12.3. The van der Waals surface area contributed by atoms with E-state index >= 15 is 0 Å². The standard InChI is InChI=1S/C34H54O7/c1-38-32-26-29(21-23-31(32)35)22-24-34(37)41-28-30-27-40-33(36)20-18-16-14-12-10-8-6-4-2-3-5-7-9-11-13-15-17-19-25-39-30/h21-24,26,30,35H,2-20,25,27-28H2,1H3/b24-22+. The van der Waals surface area contributed by atoms with Crippen molar-refractivity contribution in [3.8, 4) is 11.5 Å². The largest absolute Gasteiger partial charge is 0.504 e. The molecule has 1 aromatic rings. The molecule has 2 rings (SSSR count). The lowest BCUT2D eigenvalue weighted by Crippen LogP contribution is -2.28. The predicted octanol–water partition coefficient (Wildman–Crippen LogP) is 8.31. The van der Waals surface area contributed by atoms with E-state index in [-0.39, 0.29) is 24.9 Å². The highest BCUT2D eigenvalue weighted by atomic mass is 16.6. The maximum Gasteiger partial charge on any atom is 0.330 e. The minimum absolute atomic E-state index is 0.00928. The van der Waals surface area contributed by atoms with Crippen LogP contribution in [0.4, 0.5) is 0 Å². The Kier molecular flexibility index (Phi) is 19.5. The lowest BCUT2D eigenvalue weighted by molar-refractivity contribution is -0.153. The third-order valence-electron chi connectivity index (χ3n) is 7.59. The van der Waals surface area contributed by atoms with E-state index in [1.165, 1.54) is 109 Å². The molecule has 0 saturated carbocycles. The average molecular weight is 575 g/mol. The van der Waals surface area contributed by atoms with Crippen LogP contribution in [0, 0.1) is 0 Å². The average Bonchev–Trinajstić information content (AvgIpc) is 2.97. The second-order valence-corrected chi connectivity index (χ2v) is 11.2. The Labute approximate surface area is 248 Å². The Morgan fingerprint density at radius 1 is 0.854 bits per heavy atom. The summed E-state index contributed by atoms with van der Waals surface area (Å²) in [6, 6.07) is 4.80. The molecule has 1 N–H and O–H groups in total. The fourth-order valence-corrected chi connectivity index (χ4v) is 5.04. The molecule has 1 heterocycles. The summed E-state index contributed by atoms with van der Waals surface area (Å²) in [6.07, 6.45) is 25.1. The first-order chi connectivity index (χ1) is 20.1. The number of phenols is 1. The zero-order valence-corrected chi connectivity index (χ0v) is 25.4. The number of methoxy groups -OCH3 is 1. The fraction of sp³-hybridized carbons (Fsp3) is 0.706. The van der Waals surface area contributed by atoms with E-state index in [4.69, 9.17) is 18.9 Å². The van der Waals surface area contributed by atoms with Gasteiger partial charge in [0.1, 0.15) is 19.3 Å². The van der Waals surface area contributed by atoms with Crippen molar-refractivity contribution in [2.75, 3.05) is 26.9 Å². The Hall–Kier alpha value is -2.54. The molecule has 0 aliphatic carbocycles. The van der Waals surface area contributed by atoms with Crippen LogP contribution >= 0.6 is 0 Å². The molecule has 41 heavy (non-hydrogen) atoms. The number of ether oxygens (including phenoxy) is 4. The van der Waals surface area contributed by atoms with Crippen LogP contribution < -0.4 is 4.74 Å². The summed E-state index contributed by atoms with van der Waals surface area (Å²) in [7, 11) is 1.47. The van der Waals surface area contributed by atoms with Gasteiger partial charge in [-0.3, -0.25) is 4.79 Å². The van der Waals surface area contributed by atoms with Gasteiger partial charge in [-0.25, -0.2) is 4.79 Å². The second kappa shape index (κ2) is 23.1. The van der Waals surface area contributed by atoms with Gasteiger partial charge in [-0.2, -0.15) is 0 Å². The number of carbonyl (C=O) groups excluding carboxylic acids is 2. The Balaban J connectivity index is 1.79. The molecule has 0 spiro atoms. The minimum atomic E-state index is -0.521. The summed E-state index contributed by atoms with van der Waals surface area (Å²) in [5.74, 6) is -0.391. The molecule has 7 heteroatoms. The minimum Gasteiger partial charge on any atom is -0.504 e. The fourth-order valence-electron chi connectivity index (χ4n) is 5.04. The van der Waals surface area contributed by atoms with E-state index in [1.807, 2.05) is 0 Å². The van der Waals surface area contributed by atoms with E-state index in [0.29, 0.717) is 24.3 Å². The van der Waals surface area contributed by atoms with Crippen LogP contribution in [0.3, 0.4) is 0 Å². The van der Waals surface area contributed by atoms with Crippen LogP contribution in [0.2, 0.25) is 0 Å². The summed E-state index contributed by atoms with van der Waals surface area (Å²) >= 11 is 0. The number of hydrogen-bond donors (Lipinski definition) is 1. The van der Waals surface area contributed by atoms with Crippen LogP contribution in [0.5, 0.6) is 11.5 Å². The molecule has 1 atom stereocenters. The number of rotatable bonds is 5. The Bertz CT molecular complexity index is 867. The van der Waals surface area contributed by atoms with Crippen molar-refractivity contribution in [2.24, 2.45) is 0 Å². The van der Waals surface area contributed by atoms with Gasteiger partial charge in [0.25, 0.3) is 0 Å². The third-order valence-corrected chi connectivity index (χ3v) is 7.59. The van der Waals surface area contributed by atoms with E-state index < -0.39 is 12.1 Å². The third kappa shape index (κ3) is 17.8. The summed E-state index contributed by atoms with van der Waals surface area (Å²) < 4.78 is 22.0. The molecule has 7 nitrogen and oxygen atoms in total. The molecule has 0 bridgehead atoms. The molecule has 1 unspecified atom stereocenters. The molecule has 0 radical (unpaired) electrons. The van der Waals surface area contributed by atoms with Crippen molar-refractivity contribution in [3.63, 3.8) is 0 Å². The summed E-state index contributed by atoms with van der Waals surface area (Å²) in [5.41, 5.74) is 0.692. The highest BCUT2D eigenvalue weighted by molar-refractivity contribution is 5.87. The number of phenolic OH excluding ortho intramolecular Hbond substituents is 1. The molecule has 1 fully saturated rings. The Morgan fingerprint density at radius 3 is 1.95 bits per heavy atom. The number of esters is 2. The summed E-state index contributed by atoms with van der Waals surface area (Å²) in [4.78, 5) is 24.7. The number of aromatic hydroxyl groups is 1. The van der Waals surface area contributed by atoms with Gasteiger partial charge in [-0.1, -0.05) is 109 Å². The SMILES string of the molecule is COc1cc(/C=C/C(=O)OCC2COC(=O)CCCCCCCCCCCCCCCCCCCCO2)ccc1O. The van der Waals surface area contributed by atoms with Crippen LogP contribution in [0.25, 0.3) is 6.08 Å². The van der Waals surface area contributed by atoms with Gasteiger partial charge in [-0.15, -0.1) is 0 Å². The van der Waals surface area contributed by atoms with Gasteiger partial charge < -0.3 is 24.1 Å². The smallest absolute Gasteiger partial charge is 0.330 e. The quantitative estimate of drug-likeness (QED) is 0.279. The van der Waals surface area contributed by atoms with E-state index in [1.54, 1.807) is 18.2 Å². The van der Waals surface area contributed by atoms with Gasteiger partial charge in [-0.05, 0) is 36.6 Å². The number of benzene rings is 1. The first kappa shape index (κ1) is 34.7. The molecular formula is C34H54O7. The molecular weight excluding hydrogens is 520 g/mol. The molecule has 1 aliphatic heterocycles. The lowest BCUT2D eigenvalue weighted by atomic mass is 10.0. The first-order valence-corrected chi connectivity index (χ1v) is 16.1. The zero-order chi connectivity index (χ0) is 29.4. The van der Waals surface area contributed by atoms with E-state index in [0.717, 1.165) is 25.7 Å². The zero-order valence-electron chi connectivity index (χ0n) is 25.4. The highest BCUT2D eigenvalue weighted by Gasteiger charge is 2.15. The van der Waals surface area contributed by atoms with Gasteiger partial charge >= 0.3 is 11.9 Å². The highest BCUT2D eigenvalue weighted by Crippen LogP contribution is 2.26. The second-order valence-electron chi connectivity index (χ2n) is 11.2. The van der Waals surface area contributed by atoms with Gasteiger partial charge in [0.05, 0.1) is 7.11 Å². The van der Waals surface area contributed by atoms with Crippen molar-refractivity contribution >= 4 is 18.0 Å². The molecule has 0 aromatic heterocycles. The molecule has 1 aliphatic rings. The molecule has 1 saturated heterocycles. The topological polar surface area (TPSA) is 91.3 Å².